The Morgan fingerprint density at radius 2 is 2.05 bits per heavy atom. The Labute approximate surface area is 119 Å². The van der Waals surface area contributed by atoms with Gasteiger partial charge in [0.15, 0.2) is 0 Å². The zero-order chi connectivity index (χ0) is 15.1. The van der Waals surface area contributed by atoms with Gasteiger partial charge >= 0.3 is 5.97 Å². The summed E-state index contributed by atoms with van der Waals surface area (Å²) in [4.78, 5) is 22.8. The Kier molecular flexibility index (Phi) is 6.18. The largest absolute Gasteiger partial charge is 0.478 e. The van der Waals surface area contributed by atoms with Crippen molar-refractivity contribution in [2.75, 3.05) is 13.1 Å². The van der Waals surface area contributed by atoms with Crippen molar-refractivity contribution in [1.82, 2.24) is 5.32 Å². The monoisotopic (exact) mass is 278 g/mol. The number of carbonyl (C=O) groups is 2. The molecule has 0 heterocycles. The molecule has 0 aliphatic heterocycles. The minimum atomic E-state index is -0.945. The van der Waals surface area contributed by atoms with Crippen molar-refractivity contribution < 1.29 is 14.7 Å². The molecule has 1 aromatic rings. The Hall–Kier alpha value is -1.88. The van der Waals surface area contributed by atoms with Gasteiger partial charge in [0.2, 0.25) is 5.91 Å². The fourth-order valence-corrected chi connectivity index (χ4v) is 2.00. The fourth-order valence-electron chi connectivity index (χ4n) is 2.00. The molecule has 0 aromatic heterocycles. The van der Waals surface area contributed by atoms with Crippen molar-refractivity contribution >= 4 is 11.9 Å². The molecule has 5 heteroatoms. The minimum absolute atomic E-state index is 0.0445. The molecule has 1 amide bonds. The summed E-state index contributed by atoms with van der Waals surface area (Å²) < 4.78 is 0. The number of carbonyl (C=O) groups excluding carboxylic acids is 1. The Balaban J connectivity index is 2.50. The standard InChI is InChI=1S/C15H22N2O3/c1-10(2)13(9-16)14(18)17-7-6-11-4-3-5-12(8-11)15(19)20/h3-5,8,10,13H,6-7,9,16H2,1-2H3,(H,17,18)(H,19,20). The quantitative estimate of drug-likeness (QED) is 0.700. The van der Waals surface area contributed by atoms with Crippen molar-refractivity contribution in [3.05, 3.63) is 35.4 Å². The molecule has 1 rings (SSSR count). The average molecular weight is 278 g/mol. The topological polar surface area (TPSA) is 92.4 Å². The second-order valence-electron chi connectivity index (χ2n) is 5.13. The predicted molar refractivity (Wildman–Crippen MR) is 77.5 cm³/mol. The van der Waals surface area contributed by atoms with E-state index in [1.54, 1.807) is 18.2 Å². The van der Waals surface area contributed by atoms with Crippen LogP contribution in [0.3, 0.4) is 0 Å². The van der Waals surface area contributed by atoms with Gasteiger partial charge in [-0.3, -0.25) is 4.79 Å². The number of nitrogens with two attached hydrogens (primary N) is 1. The van der Waals surface area contributed by atoms with Gasteiger partial charge in [0, 0.05) is 13.1 Å². The summed E-state index contributed by atoms with van der Waals surface area (Å²) in [6, 6.07) is 6.73. The molecule has 0 saturated heterocycles. The molecule has 0 fully saturated rings. The zero-order valence-corrected chi connectivity index (χ0v) is 11.9. The summed E-state index contributed by atoms with van der Waals surface area (Å²) in [6.07, 6.45) is 0.599. The molecule has 0 spiro atoms. The molecule has 0 aliphatic carbocycles. The molecular formula is C15H22N2O3. The fraction of sp³-hybridized carbons (Fsp3) is 0.467. The van der Waals surface area contributed by atoms with E-state index < -0.39 is 5.97 Å². The van der Waals surface area contributed by atoms with Crippen molar-refractivity contribution in [2.45, 2.75) is 20.3 Å². The summed E-state index contributed by atoms with van der Waals surface area (Å²) in [6.45, 7) is 4.74. The lowest BCUT2D eigenvalue weighted by Gasteiger charge is -2.18. The first-order valence-electron chi connectivity index (χ1n) is 6.75. The van der Waals surface area contributed by atoms with Crippen LogP contribution in [0, 0.1) is 11.8 Å². The highest BCUT2D eigenvalue weighted by Gasteiger charge is 2.19. The van der Waals surface area contributed by atoms with Gasteiger partial charge < -0.3 is 16.2 Å². The number of carboxylic acids is 1. The molecule has 1 unspecified atom stereocenters. The van der Waals surface area contributed by atoms with Gasteiger partial charge in [0.05, 0.1) is 11.5 Å². The van der Waals surface area contributed by atoms with Crippen LogP contribution in [0.2, 0.25) is 0 Å². The van der Waals surface area contributed by atoms with Gasteiger partial charge in [-0.15, -0.1) is 0 Å². The molecule has 0 aliphatic rings. The highest BCUT2D eigenvalue weighted by molar-refractivity contribution is 5.87. The van der Waals surface area contributed by atoms with Gasteiger partial charge in [-0.2, -0.15) is 0 Å². The number of aromatic carboxylic acids is 1. The van der Waals surface area contributed by atoms with E-state index in [4.69, 9.17) is 10.8 Å². The van der Waals surface area contributed by atoms with Gasteiger partial charge in [-0.25, -0.2) is 4.79 Å². The van der Waals surface area contributed by atoms with Crippen LogP contribution in [0.4, 0.5) is 0 Å². The molecule has 110 valence electrons. The highest BCUT2D eigenvalue weighted by Crippen LogP contribution is 2.09. The normalized spacial score (nSPS) is 12.2. The first-order valence-corrected chi connectivity index (χ1v) is 6.75. The third-order valence-electron chi connectivity index (χ3n) is 3.28. The number of hydrogen-bond donors (Lipinski definition) is 3. The summed E-state index contributed by atoms with van der Waals surface area (Å²) in [5.74, 6) is -0.966. The predicted octanol–water partition coefficient (Wildman–Crippen LogP) is 1.27. The number of carboxylic acid groups (broad SMARTS) is 1. The SMILES string of the molecule is CC(C)C(CN)C(=O)NCCc1cccc(C(=O)O)c1. The molecule has 4 N–H and O–H groups in total. The van der Waals surface area contributed by atoms with Crippen LogP contribution < -0.4 is 11.1 Å². The van der Waals surface area contributed by atoms with E-state index >= 15 is 0 Å². The Morgan fingerprint density at radius 3 is 2.60 bits per heavy atom. The van der Waals surface area contributed by atoms with Crippen LogP contribution in [-0.2, 0) is 11.2 Å². The molecule has 20 heavy (non-hydrogen) atoms. The summed E-state index contributed by atoms with van der Waals surface area (Å²) in [7, 11) is 0. The Morgan fingerprint density at radius 1 is 1.35 bits per heavy atom. The number of amides is 1. The summed E-state index contributed by atoms with van der Waals surface area (Å²) in [5, 5.41) is 11.8. The number of benzene rings is 1. The van der Waals surface area contributed by atoms with Gasteiger partial charge in [0.25, 0.3) is 0 Å². The van der Waals surface area contributed by atoms with E-state index in [1.807, 2.05) is 19.9 Å². The van der Waals surface area contributed by atoms with Crippen molar-refractivity contribution in [3.63, 3.8) is 0 Å². The number of nitrogens with one attached hydrogen (secondary N) is 1. The second kappa shape index (κ2) is 7.65. The first kappa shape index (κ1) is 16.2. The molecular weight excluding hydrogens is 256 g/mol. The van der Waals surface area contributed by atoms with E-state index in [0.29, 0.717) is 19.5 Å². The van der Waals surface area contributed by atoms with E-state index in [2.05, 4.69) is 5.32 Å². The van der Waals surface area contributed by atoms with E-state index in [9.17, 15) is 9.59 Å². The van der Waals surface area contributed by atoms with Gasteiger partial charge in [-0.1, -0.05) is 26.0 Å². The lowest BCUT2D eigenvalue weighted by Crippen LogP contribution is -2.38. The van der Waals surface area contributed by atoms with Crippen LogP contribution in [-0.4, -0.2) is 30.1 Å². The lowest BCUT2D eigenvalue weighted by molar-refractivity contribution is -0.125. The summed E-state index contributed by atoms with van der Waals surface area (Å²) in [5.41, 5.74) is 6.73. The van der Waals surface area contributed by atoms with Gasteiger partial charge in [0.1, 0.15) is 0 Å². The molecule has 5 nitrogen and oxygen atoms in total. The second-order valence-corrected chi connectivity index (χ2v) is 5.13. The smallest absolute Gasteiger partial charge is 0.335 e. The van der Waals surface area contributed by atoms with Crippen molar-refractivity contribution in [2.24, 2.45) is 17.6 Å². The third kappa shape index (κ3) is 4.66. The van der Waals surface area contributed by atoms with Crippen LogP contribution in [0.1, 0.15) is 29.8 Å². The maximum Gasteiger partial charge on any atom is 0.335 e. The van der Waals surface area contributed by atoms with E-state index in [0.717, 1.165) is 5.56 Å². The average Bonchev–Trinajstić information content (AvgIpc) is 2.39. The van der Waals surface area contributed by atoms with Crippen LogP contribution in [0.25, 0.3) is 0 Å². The lowest BCUT2D eigenvalue weighted by atomic mass is 9.95. The van der Waals surface area contributed by atoms with Crippen LogP contribution in [0.15, 0.2) is 24.3 Å². The molecule has 1 atom stereocenters. The number of hydrogen-bond acceptors (Lipinski definition) is 3. The van der Waals surface area contributed by atoms with E-state index in [-0.39, 0.29) is 23.3 Å². The Bertz CT molecular complexity index is 472. The highest BCUT2D eigenvalue weighted by atomic mass is 16.4. The summed E-state index contributed by atoms with van der Waals surface area (Å²) >= 11 is 0. The zero-order valence-electron chi connectivity index (χ0n) is 11.9. The van der Waals surface area contributed by atoms with Crippen molar-refractivity contribution in [1.29, 1.82) is 0 Å². The number of rotatable bonds is 7. The molecule has 1 aromatic carbocycles. The van der Waals surface area contributed by atoms with Gasteiger partial charge in [-0.05, 0) is 30.0 Å². The maximum atomic E-state index is 11.9. The third-order valence-corrected chi connectivity index (χ3v) is 3.28. The van der Waals surface area contributed by atoms with E-state index in [1.165, 1.54) is 0 Å². The van der Waals surface area contributed by atoms with Crippen LogP contribution in [0.5, 0.6) is 0 Å². The minimum Gasteiger partial charge on any atom is -0.478 e. The molecule has 0 bridgehead atoms. The maximum absolute atomic E-state index is 11.9. The van der Waals surface area contributed by atoms with Crippen molar-refractivity contribution in [3.8, 4) is 0 Å². The van der Waals surface area contributed by atoms with Crippen LogP contribution >= 0.6 is 0 Å². The first-order chi connectivity index (χ1) is 9.45. The molecule has 0 radical (unpaired) electrons. The molecule has 0 saturated carbocycles.